The molecule has 0 heterocycles. The summed E-state index contributed by atoms with van der Waals surface area (Å²) in [4.78, 5) is 23.3. The summed E-state index contributed by atoms with van der Waals surface area (Å²) in [7, 11) is 0. The third kappa shape index (κ3) is 4.43. The molecular formula is C16H14ClN3O2. The minimum absolute atomic E-state index is 0.354. The van der Waals surface area contributed by atoms with Crippen molar-refractivity contribution in [1.29, 1.82) is 0 Å². The Balaban J connectivity index is 1.90. The van der Waals surface area contributed by atoms with E-state index in [9.17, 15) is 9.59 Å². The molecule has 22 heavy (non-hydrogen) atoms. The third-order valence-corrected chi connectivity index (χ3v) is 3.11. The van der Waals surface area contributed by atoms with Gasteiger partial charge in [-0.05, 0) is 24.6 Å². The van der Waals surface area contributed by atoms with Crippen molar-refractivity contribution >= 4 is 35.3 Å². The van der Waals surface area contributed by atoms with E-state index in [2.05, 4.69) is 15.8 Å². The molecule has 0 atom stereocenters. The smallest absolute Gasteiger partial charge is 0.316 e. The lowest BCUT2D eigenvalue weighted by Gasteiger charge is -2.05. The number of hydrogen-bond donors (Lipinski definition) is 2. The second-order valence-electron chi connectivity index (χ2n) is 4.54. The Kier molecular flexibility index (Phi) is 5.27. The van der Waals surface area contributed by atoms with Crippen LogP contribution in [0, 0.1) is 6.92 Å². The Morgan fingerprint density at radius 1 is 1.05 bits per heavy atom. The molecule has 0 aliphatic heterocycles. The van der Waals surface area contributed by atoms with Crippen LogP contribution in [0.2, 0.25) is 5.02 Å². The van der Waals surface area contributed by atoms with Crippen molar-refractivity contribution in [3.63, 3.8) is 0 Å². The zero-order chi connectivity index (χ0) is 15.9. The predicted molar refractivity (Wildman–Crippen MR) is 87.0 cm³/mol. The second kappa shape index (κ2) is 7.38. The average molecular weight is 316 g/mol. The van der Waals surface area contributed by atoms with Crippen LogP contribution in [0.3, 0.4) is 0 Å². The van der Waals surface area contributed by atoms with Crippen LogP contribution >= 0.6 is 11.6 Å². The van der Waals surface area contributed by atoms with E-state index in [1.165, 1.54) is 6.21 Å². The van der Waals surface area contributed by atoms with E-state index in [1.54, 1.807) is 24.3 Å². The number of nitrogens with one attached hydrogen (secondary N) is 2. The van der Waals surface area contributed by atoms with Crippen LogP contribution < -0.4 is 10.7 Å². The lowest BCUT2D eigenvalue weighted by molar-refractivity contribution is -0.136. The summed E-state index contributed by atoms with van der Waals surface area (Å²) >= 11 is 5.89. The highest BCUT2D eigenvalue weighted by molar-refractivity contribution is 6.41. The monoisotopic (exact) mass is 315 g/mol. The van der Waals surface area contributed by atoms with Crippen LogP contribution in [0.5, 0.6) is 0 Å². The maximum atomic E-state index is 11.7. The molecule has 0 aromatic heterocycles. The fourth-order valence-corrected chi connectivity index (χ4v) is 1.79. The van der Waals surface area contributed by atoms with Gasteiger partial charge in [0.05, 0.1) is 16.9 Å². The third-order valence-electron chi connectivity index (χ3n) is 2.79. The maximum absolute atomic E-state index is 11.7. The molecular weight excluding hydrogens is 302 g/mol. The number of benzene rings is 2. The number of anilines is 1. The van der Waals surface area contributed by atoms with Gasteiger partial charge in [-0.1, -0.05) is 53.6 Å². The van der Waals surface area contributed by atoms with Crippen molar-refractivity contribution in [2.24, 2.45) is 5.10 Å². The molecule has 0 bridgehead atoms. The molecule has 6 heteroatoms. The molecule has 112 valence electrons. The standard InChI is InChI=1S/C16H14ClN3O2/c1-11-6-8-12(9-7-11)10-18-20-16(22)15(21)19-14-5-3-2-4-13(14)17/h2-10H,1H3,(H,19,21)(H,20,22). The van der Waals surface area contributed by atoms with Crippen molar-refractivity contribution in [2.45, 2.75) is 6.92 Å². The molecule has 0 radical (unpaired) electrons. The Labute approximate surface area is 133 Å². The highest BCUT2D eigenvalue weighted by atomic mass is 35.5. The summed E-state index contributed by atoms with van der Waals surface area (Å²) < 4.78 is 0. The van der Waals surface area contributed by atoms with Gasteiger partial charge in [0, 0.05) is 0 Å². The van der Waals surface area contributed by atoms with Crippen molar-refractivity contribution in [3.05, 3.63) is 64.7 Å². The first-order valence-electron chi connectivity index (χ1n) is 6.52. The van der Waals surface area contributed by atoms with Crippen LogP contribution in [0.15, 0.2) is 53.6 Å². The molecule has 2 N–H and O–H groups in total. The molecule has 0 spiro atoms. The Hall–Kier alpha value is -2.66. The van der Waals surface area contributed by atoms with Gasteiger partial charge in [0.25, 0.3) is 0 Å². The zero-order valence-electron chi connectivity index (χ0n) is 11.8. The first kappa shape index (κ1) is 15.7. The molecule has 0 saturated carbocycles. The SMILES string of the molecule is Cc1ccc(C=NNC(=O)C(=O)Nc2ccccc2Cl)cc1. The molecule has 0 aliphatic rings. The number of nitrogens with zero attached hydrogens (tertiary/aromatic N) is 1. The topological polar surface area (TPSA) is 70.6 Å². The summed E-state index contributed by atoms with van der Waals surface area (Å²) in [6, 6.07) is 14.2. The number of hydrazone groups is 1. The fourth-order valence-electron chi connectivity index (χ4n) is 1.61. The molecule has 2 amide bonds. The number of rotatable bonds is 3. The van der Waals surface area contributed by atoms with E-state index in [0.29, 0.717) is 10.7 Å². The molecule has 2 rings (SSSR count). The van der Waals surface area contributed by atoms with Gasteiger partial charge in [0.15, 0.2) is 0 Å². The first-order valence-corrected chi connectivity index (χ1v) is 6.89. The average Bonchev–Trinajstić information content (AvgIpc) is 2.51. The number of para-hydroxylation sites is 1. The van der Waals surface area contributed by atoms with Crippen molar-refractivity contribution < 1.29 is 9.59 Å². The zero-order valence-corrected chi connectivity index (χ0v) is 12.6. The normalized spacial score (nSPS) is 10.5. The highest BCUT2D eigenvalue weighted by Gasteiger charge is 2.13. The van der Waals surface area contributed by atoms with E-state index >= 15 is 0 Å². The van der Waals surface area contributed by atoms with E-state index in [0.717, 1.165) is 11.1 Å². The second-order valence-corrected chi connectivity index (χ2v) is 4.95. The van der Waals surface area contributed by atoms with E-state index in [-0.39, 0.29) is 0 Å². The van der Waals surface area contributed by atoms with Gasteiger partial charge in [0.2, 0.25) is 0 Å². The predicted octanol–water partition coefficient (Wildman–Crippen LogP) is 2.74. The van der Waals surface area contributed by atoms with Gasteiger partial charge in [0.1, 0.15) is 0 Å². The minimum Gasteiger partial charge on any atom is -0.316 e. The maximum Gasteiger partial charge on any atom is 0.329 e. The largest absolute Gasteiger partial charge is 0.329 e. The summed E-state index contributed by atoms with van der Waals surface area (Å²) in [5, 5.41) is 6.50. The van der Waals surface area contributed by atoms with Gasteiger partial charge in [-0.3, -0.25) is 9.59 Å². The number of carbonyl (C=O) groups excluding carboxylic acids is 2. The fraction of sp³-hybridized carbons (Fsp3) is 0.0625. The van der Waals surface area contributed by atoms with Gasteiger partial charge < -0.3 is 5.32 Å². The Morgan fingerprint density at radius 3 is 2.41 bits per heavy atom. The van der Waals surface area contributed by atoms with E-state index in [1.807, 2.05) is 31.2 Å². The summed E-state index contributed by atoms with van der Waals surface area (Å²) in [5.41, 5.74) is 4.47. The minimum atomic E-state index is -0.872. The van der Waals surface area contributed by atoms with Gasteiger partial charge in [-0.2, -0.15) is 5.10 Å². The Morgan fingerprint density at radius 2 is 1.73 bits per heavy atom. The van der Waals surface area contributed by atoms with Gasteiger partial charge in [-0.15, -0.1) is 0 Å². The van der Waals surface area contributed by atoms with Crippen molar-refractivity contribution in [1.82, 2.24) is 5.43 Å². The highest BCUT2D eigenvalue weighted by Crippen LogP contribution is 2.20. The van der Waals surface area contributed by atoms with Crippen LogP contribution in [-0.4, -0.2) is 18.0 Å². The molecule has 5 nitrogen and oxygen atoms in total. The number of halogens is 1. The Bertz CT molecular complexity index is 712. The number of carbonyl (C=O) groups is 2. The quantitative estimate of drug-likeness (QED) is 0.519. The lowest BCUT2D eigenvalue weighted by atomic mass is 10.2. The van der Waals surface area contributed by atoms with E-state index < -0.39 is 11.8 Å². The van der Waals surface area contributed by atoms with Crippen LogP contribution in [-0.2, 0) is 9.59 Å². The molecule has 0 fully saturated rings. The first-order chi connectivity index (χ1) is 10.6. The molecule has 0 aliphatic carbocycles. The van der Waals surface area contributed by atoms with Gasteiger partial charge in [-0.25, -0.2) is 5.43 Å². The summed E-state index contributed by atoms with van der Waals surface area (Å²) in [5.74, 6) is -1.71. The van der Waals surface area contributed by atoms with Crippen LogP contribution in [0.25, 0.3) is 0 Å². The molecule has 2 aromatic carbocycles. The van der Waals surface area contributed by atoms with Crippen molar-refractivity contribution in [3.8, 4) is 0 Å². The van der Waals surface area contributed by atoms with Crippen LogP contribution in [0.1, 0.15) is 11.1 Å². The summed E-state index contributed by atoms with van der Waals surface area (Å²) in [6.07, 6.45) is 1.46. The number of amides is 2. The molecule has 0 saturated heterocycles. The summed E-state index contributed by atoms with van der Waals surface area (Å²) in [6.45, 7) is 1.97. The van der Waals surface area contributed by atoms with Crippen LogP contribution in [0.4, 0.5) is 5.69 Å². The van der Waals surface area contributed by atoms with Gasteiger partial charge >= 0.3 is 11.8 Å². The van der Waals surface area contributed by atoms with E-state index in [4.69, 9.17) is 11.6 Å². The molecule has 0 unspecified atom stereocenters. The number of aryl methyl sites for hydroxylation is 1. The van der Waals surface area contributed by atoms with Crippen molar-refractivity contribution in [2.75, 3.05) is 5.32 Å². The molecule has 2 aromatic rings. The number of hydrogen-bond acceptors (Lipinski definition) is 3. The lowest BCUT2D eigenvalue weighted by Crippen LogP contribution is -2.32.